The number of anilines is 2. The molecule has 3 rings (SSSR count). The molecule has 0 fully saturated rings. The van der Waals surface area contributed by atoms with Crippen molar-refractivity contribution in [2.45, 2.75) is 4.90 Å². The van der Waals surface area contributed by atoms with Gasteiger partial charge in [-0.05, 0) is 29.8 Å². The number of amides is 2. The molecule has 2 aromatic rings. The fraction of sp³-hybridized carbons (Fsp3) is 0.0588. The Morgan fingerprint density at radius 2 is 2.00 bits per heavy atom. The second-order valence-corrected chi connectivity index (χ2v) is 5.80. The third-order valence-electron chi connectivity index (χ3n) is 3.11. The summed E-state index contributed by atoms with van der Waals surface area (Å²) in [6, 6.07) is 15.1. The van der Waals surface area contributed by atoms with Crippen LogP contribution in [0.5, 0.6) is 0 Å². The third-order valence-corrected chi connectivity index (χ3v) is 4.18. The molecular weight excluding hydrogens is 296 g/mol. The maximum atomic E-state index is 11.9. The number of hydrogen-bond acceptors (Lipinski definition) is 3. The Hall–Kier alpha value is -2.53. The quantitative estimate of drug-likeness (QED) is 0.854. The lowest BCUT2D eigenvalue weighted by atomic mass is 10.2. The van der Waals surface area contributed by atoms with Crippen molar-refractivity contribution < 1.29 is 9.59 Å². The molecule has 0 saturated carbocycles. The van der Waals surface area contributed by atoms with Gasteiger partial charge in [0.25, 0.3) is 0 Å². The first kappa shape index (κ1) is 14.4. The van der Waals surface area contributed by atoms with Crippen LogP contribution >= 0.6 is 11.8 Å². The van der Waals surface area contributed by atoms with Gasteiger partial charge in [-0.2, -0.15) is 0 Å². The van der Waals surface area contributed by atoms with Gasteiger partial charge in [-0.15, -0.1) is 11.8 Å². The van der Waals surface area contributed by atoms with E-state index in [1.165, 1.54) is 17.8 Å². The lowest BCUT2D eigenvalue weighted by Gasteiger charge is -2.17. The van der Waals surface area contributed by atoms with Gasteiger partial charge in [-0.25, -0.2) is 0 Å². The van der Waals surface area contributed by atoms with Crippen molar-refractivity contribution in [1.82, 2.24) is 0 Å². The summed E-state index contributed by atoms with van der Waals surface area (Å²) < 4.78 is 0. The van der Waals surface area contributed by atoms with E-state index in [9.17, 15) is 9.59 Å². The minimum absolute atomic E-state index is 0.0232. The second-order valence-electron chi connectivity index (χ2n) is 4.78. The highest BCUT2D eigenvalue weighted by Gasteiger charge is 2.15. The Bertz CT molecular complexity index is 742. The van der Waals surface area contributed by atoms with Crippen molar-refractivity contribution in [3.05, 3.63) is 60.2 Å². The summed E-state index contributed by atoms with van der Waals surface area (Å²) in [5.41, 5.74) is 2.36. The monoisotopic (exact) mass is 310 g/mol. The van der Waals surface area contributed by atoms with Crippen LogP contribution < -0.4 is 10.6 Å². The highest BCUT2D eigenvalue weighted by atomic mass is 32.2. The molecule has 0 unspecified atom stereocenters. The van der Waals surface area contributed by atoms with E-state index in [0.29, 0.717) is 11.4 Å². The minimum Gasteiger partial charge on any atom is -0.324 e. The Morgan fingerprint density at radius 3 is 2.82 bits per heavy atom. The van der Waals surface area contributed by atoms with Crippen molar-refractivity contribution in [3.8, 4) is 0 Å². The van der Waals surface area contributed by atoms with Gasteiger partial charge in [0.05, 0.1) is 11.4 Å². The molecule has 0 aromatic heterocycles. The van der Waals surface area contributed by atoms with Crippen LogP contribution in [0.2, 0.25) is 0 Å². The van der Waals surface area contributed by atoms with Crippen LogP contribution in [-0.2, 0) is 9.59 Å². The molecule has 2 aromatic carbocycles. The number of thioether (sulfide) groups is 1. The third kappa shape index (κ3) is 3.56. The van der Waals surface area contributed by atoms with Gasteiger partial charge in [0.1, 0.15) is 0 Å². The van der Waals surface area contributed by atoms with Crippen LogP contribution in [-0.4, -0.2) is 17.6 Å². The van der Waals surface area contributed by atoms with Crippen molar-refractivity contribution in [2.24, 2.45) is 0 Å². The molecule has 22 heavy (non-hydrogen) atoms. The minimum atomic E-state index is -0.210. The van der Waals surface area contributed by atoms with Gasteiger partial charge in [0, 0.05) is 16.7 Å². The molecule has 0 aliphatic carbocycles. The molecule has 4 nitrogen and oxygen atoms in total. The number of carbonyl (C=O) groups is 2. The molecule has 0 radical (unpaired) electrons. The van der Waals surface area contributed by atoms with E-state index >= 15 is 0 Å². The topological polar surface area (TPSA) is 58.2 Å². The average Bonchev–Trinajstić information content (AvgIpc) is 2.53. The van der Waals surface area contributed by atoms with Gasteiger partial charge in [0.15, 0.2) is 0 Å². The van der Waals surface area contributed by atoms with Crippen molar-refractivity contribution >= 4 is 41.0 Å². The normalized spacial score (nSPS) is 13.5. The SMILES string of the molecule is O=C(/C=C/c1ccccc1)Nc1ccc2c(c1)NC(=O)CS2. The van der Waals surface area contributed by atoms with E-state index in [4.69, 9.17) is 0 Å². The van der Waals surface area contributed by atoms with Gasteiger partial charge in [0.2, 0.25) is 11.8 Å². The highest BCUT2D eigenvalue weighted by Crippen LogP contribution is 2.33. The standard InChI is InChI=1S/C17H14N2O2S/c20-16(9-6-12-4-2-1-3-5-12)18-13-7-8-15-14(10-13)19-17(21)11-22-15/h1-10H,11H2,(H,18,20)(H,19,21)/b9-6+. The Morgan fingerprint density at radius 1 is 1.18 bits per heavy atom. The van der Waals surface area contributed by atoms with E-state index in [2.05, 4.69) is 10.6 Å². The zero-order valence-corrected chi connectivity index (χ0v) is 12.5. The maximum absolute atomic E-state index is 11.9. The molecule has 0 saturated heterocycles. The lowest BCUT2D eigenvalue weighted by molar-refractivity contribution is -0.114. The van der Waals surface area contributed by atoms with Crippen LogP contribution in [0.15, 0.2) is 59.5 Å². The zero-order valence-electron chi connectivity index (χ0n) is 11.7. The van der Waals surface area contributed by atoms with Crippen LogP contribution in [0.25, 0.3) is 6.08 Å². The Balaban J connectivity index is 1.68. The fourth-order valence-electron chi connectivity index (χ4n) is 2.08. The van der Waals surface area contributed by atoms with E-state index in [1.54, 1.807) is 12.1 Å². The number of nitrogens with one attached hydrogen (secondary N) is 2. The summed E-state index contributed by atoms with van der Waals surface area (Å²) in [5, 5.41) is 5.59. The van der Waals surface area contributed by atoms with Gasteiger partial charge in [-0.1, -0.05) is 30.3 Å². The molecular formula is C17H14N2O2S. The van der Waals surface area contributed by atoms with Gasteiger partial charge < -0.3 is 10.6 Å². The predicted molar refractivity (Wildman–Crippen MR) is 89.9 cm³/mol. The van der Waals surface area contributed by atoms with Crippen molar-refractivity contribution in [1.29, 1.82) is 0 Å². The average molecular weight is 310 g/mol. The van der Waals surface area contributed by atoms with Crippen LogP contribution in [0.3, 0.4) is 0 Å². The van der Waals surface area contributed by atoms with E-state index < -0.39 is 0 Å². The van der Waals surface area contributed by atoms with Crippen LogP contribution in [0, 0.1) is 0 Å². The van der Waals surface area contributed by atoms with E-state index in [-0.39, 0.29) is 11.8 Å². The number of hydrogen-bond donors (Lipinski definition) is 2. The molecule has 1 aliphatic heterocycles. The maximum Gasteiger partial charge on any atom is 0.248 e. The molecule has 0 spiro atoms. The van der Waals surface area contributed by atoms with Crippen LogP contribution in [0.4, 0.5) is 11.4 Å². The second kappa shape index (κ2) is 6.49. The molecule has 2 amide bonds. The number of rotatable bonds is 3. The van der Waals surface area contributed by atoms with Crippen LogP contribution in [0.1, 0.15) is 5.56 Å². The fourth-order valence-corrected chi connectivity index (χ4v) is 2.87. The number of fused-ring (bicyclic) bond motifs is 1. The first-order chi connectivity index (χ1) is 10.7. The van der Waals surface area contributed by atoms with E-state index in [1.807, 2.05) is 42.5 Å². The van der Waals surface area contributed by atoms with Gasteiger partial charge in [-0.3, -0.25) is 9.59 Å². The summed E-state index contributed by atoms with van der Waals surface area (Å²) in [6.45, 7) is 0. The van der Waals surface area contributed by atoms with Crippen molar-refractivity contribution in [3.63, 3.8) is 0 Å². The molecule has 5 heteroatoms. The molecule has 0 bridgehead atoms. The summed E-state index contributed by atoms with van der Waals surface area (Å²) in [4.78, 5) is 24.3. The molecule has 110 valence electrons. The Kier molecular flexibility index (Phi) is 4.25. The summed E-state index contributed by atoms with van der Waals surface area (Å²) in [7, 11) is 0. The summed E-state index contributed by atoms with van der Waals surface area (Å²) in [6.07, 6.45) is 3.24. The largest absolute Gasteiger partial charge is 0.324 e. The Labute approximate surface area is 132 Å². The smallest absolute Gasteiger partial charge is 0.248 e. The highest BCUT2D eigenvalue weighted by molar-refractivity contribution is 8.00. The molecule has 1 aliphatic rings. The predicted octanol–water partition coefficient (Wildman–Crippen LogP) is 3.38. The van der Waals surface area contributed by atoms with E-state index in [0.717, 1.165) is 16.1 Å². The number of benzene rings is 2. The first-order valence-corrected chi connectivity index (χ1v) is 7.80. The molecule has 0 atom stereocenters. The first-order valence-electron chi connectivity index (χ1n) is 6.81. The van der Waals surface area contributed by atoms with Crippen molar-refractivity contribution in [2.75, 3.05) is 16.4 Å². The lowest BCUT2D eigenvalue weighted by Crippen LogP contribution is -2.19. The zero-order chi connectivity index (χ0) is 15.4. The molecule has 2 N–H and O–H groups in total. The molecule has 1 heterocycles. The van der Waals surface area contributed by atoms with Gasteiger partial charge >= 0.3 is 0 Å². The number of carbonyl (C=O) groups excluding carboxylic acids is 2. The summed E-state index contributed by atoms with van der Waals surface area (Å²) >= 11 is 1.49. The summed E-state index contributed by atoms with van der Waals surface area (Å²) in [5.74, 6) is 0.196.